The van der Waals surface area contributed by atoms with Crippen molar-refractivity contribution in [3.05, 3.63) is 261 Å². The van der Waals surface area contributed by atoms with Crippen LogP contribution >= 0.6 is 90.7 Å². The van der Waals surface area contributed by atoms with Crippen LogP contribution in [0.5, 0.6) is 0 Å². The predicted molar refractivity (Wildman–Crippen MR) is 624 cm³/mol. The fraction of sp³-hybridized carbons (Fsp3) is 0.508. The second-order valence-corrected chi connectivity index (χ2v) is 50.5. The molecule has 8 heteroatoms. The summed E-state index contributed by atoms with van der Waals surface area (Å²) in [7, 11) is 0. The van der Waals surface area contributed by atoms with Crippen molar-refractivity contribution in [1.29, 1.82) is 0 Å². The summed E-state index contributed by atoms with van der Waals surface area (Å²) in [6.45, 7) is 9.33. The van der Waals surface area contributed by atoms with Crippen LogP contribution in [-0.2, 0) is 36.5 Å². The second-order valence-electron chi connectivity index (χ2n) is 42.0. The highest BCUT2D eigenvalue weighted by Crippen LogP contribution is 2.70. The molecule has 0 spiro atoms. The normalized spacial score (nSPS) is 13.2. The molecule has 0 aliphatic heterocycles. The van der Waals surface area contributed by atoms with Gasteiger partial charge in [-0.2, -0.15) is 0 Å². The zero-order valence-electron chi connectivity index (χ0n) is 85.2. The molecule has 732 valence electrons. The highest BCUT2D eigenvalue weighted by atomic mass is 32.1. The monoisotopic (exact) mass is 1980 g/mol. The Labute approximate surface area is 866 Å². The number of hydrogen-bond acceptors (Lipinski definition) is 8. The number of hydrogen-bond donors (Lipinski definition) is 0. The maximum absolute atomic E-state index is 2.87. The van der Waals surface area contributed by atoms with Crippen LogP contribution in [0.4, 0.5) is 0 Å². The molecule has 0 saturated carbocycles. The van der Waals surface area contributed by atoms with Gasteiger partial charge in [-0.1, -0.05) is 519 Å². The zero-order valence-corrected chi connectivity index (χ0v) is 91.7. The van der Waals surface area contributed by atoms with E-state index in [1.54, 1.807) is 0 Å². The molecule has 8 aromatic heterocycles. The van der Waals surface area contributed by atoms with E-state index in [0.29, 0.717) is 0 Å². The van der Waals surface area contributed by atoms with Crippen molar-refractivity contribution in [2.75, 3.05) is 0 Å². The average Bonchev–Trinajstić information content (AvgIpc) is 1.48. The summed E-state index contributed by atoms with van der Waals surface area (Å²) in [6.07, 6.45) is 82.0. The first-order chi connectivity index (χ1) is 68.4. The Bertz CT molecular complexity index is 5910. The maximum atomic E-state index is 2.87. The van der Waals surface area contributed by atoms with Crippen LogP contribution in [-0.4, -0.2) is 0 Å². The minimum atomic E-state index is -0.612. The molecule has 0 unspecified atom stereocenters. The molecule has 8 heterocycles. The van der Waals surface area contributed by atoms with Crippen molar-refractivity contribution in [2.24, 2.45) is 0 Å². The molecule has 138 heavy (non-hydrogen) atoms. The van der Waals surface area contributed by atoms with Gasteiger partial charge in [0.1, 0.15) is 0 Å². The van der Waals surface area contributed by atoms with Crippen molar-refractivity contribution in [1.82, 2.24) is 0 Å². The first kappa shape index (κ1) is 103. The molecule has 0 atom stereocenters. The lowest BCUT2D eigenvalue weighted by molar-refractivity contribution is 0.535. The highest BCUT2D eigenvalue weighted by Gasteiger charge is 2.55. The average molecular weight is 1980 g/mol. The number of aryl methyl sites for hydroxylation is 4. The van der Waals surface area contributed by atoms with Crippen LogP contribution in [0, 0.1) is 0 Å². The molecular formula is C130H164S8. The van der Waals surface area contributed by atoms with E-state index in [-0.39, 0.29) is 0 Å². The number of thiophene rings is 8. The number of fused-ring (bicyclic) bond motifs is 15. The molecule has 17 rings (SSSR count). The van der Waals surface area contributed by atoms with E-state index in [0.717, 1.165) is 25.7 Å². The van der Waals surface area contributed by atoms with Crippen molar-refractivity contribution in [3.8, 4) is 51.5 Å². The Balaban J connectivity index is 0.753. The molecule has 0 amide bonds. The predicted octanol–water partition coefficient (Wildman–Crippen LogP) is 45.8. The number of benzene rings is 7. The Morgan fingerprint density at radius 1 is 0.181 bits per heavy atom. The second kappa shape index (κ2) is 53.9. The molecule has 2 aliphatic rings. The molecule has 7 aromatic carbocycles. The van der Waals surface area contributed by atoms with Crippen LogP contribution in [0.15, 0.2) is 194 Å². The third-order valence-corrected chi connectivity index (χ3v) is 42.0. The Morgan fingerprint density at radius 3 is 0.688 bits per heavy atom. The topological polar surface area (TPSA) is 0 Å². The fourth-order valence-electron chi connectivity index (χ4n) is 23.6. The first-order valence-electron chi connectivity index (χ1n) is 56.6. The summed E-state index contributed by atoms with van der Waals surface area (Å²) in [5.74, 6) is 0. The molecule has 0 nitrogen and oxygen atoms in total. The van der Waals surface area contributed by atoms with E-state index in [9.17, 15) is 0 Å². The van der Waals surface area contributed by atoms with Gasteiger partial charge in [0.05, 0.1) is 39.0 Å². The standard InChI is InChI=1S/C130H164S8/c1-5-9-13-17-21-25-29-33-37-41-45-49-53-59-67-97-75-83-103(84-76-97)129(104-85-77-98(78-86-104)68-60-54-50-46-42-38-34-30-26-22-18-14-10-6-2)109-92-108-110(91-107(109)121-119(129)125-127(137-121)123-117(135-125)94-112(133-123)102-73-65-58-66-74-102)130(105-87-79-99(80-88-105)69-61-55-51-47-43-39-35-31-27-23-19-15-11-7-3,106-89-81-100(82-90-106)70-62-56-52-48-44-40-36-32-28-24-20-16-12-8-4)120-122(108)138-128-124-118(136-126(120)128)96-116(134-124)115-95-114-113(132-115)93-111(131-114)101-71-63-57-64-72-101/h57-58,63-66,71-96H,5-56,59-62,67-70H2,1-4H3. The van der Waals surface area contributed by atoms with Crippen LogP contribution in [0.1, 0.15) is 454 Å². The van der Waals surface area contributed by atoms with Gasteiger partial charge in [-0.05, 0) is 166 Å². The number of unbranched alkanes of at least 4 members (excludes halogenated alkanes) is 52. The van der Waals surface area contributed by atoms with Gasteiger partial charge in [0.2, 0.25) is 0 Å². The van der Waals surface area contributed by atoms with Gasteiger partial charge in [0.15, 0.2) is 0 Å². The highest BCUT2D eigenvalue weighted by molar-refractivity contribution is 7.42. The Hall–Kier alpha value is -6.56. The van der Waals surface area contributed by atoms with Crippen LogP contribution in [0.3, 0.4) is 0 Å². The first-order valence-corrected chi connectivity index (χ1v) is 63.1. The van der Waals surface area contributed by atoms with Crippen LogP contribution < -0.4 is 0 Å². The summed E-state index contributed by atoms with van der Waals surface area (Å²) < 4.78 is 14.5. The van der Waals surface area contributed by atoms with E-state index < -0.39 is 10.8 Å². The van der Waals surface area contributed by atoms with Gasteiger partial charge >= 0.3 is 0 Å². The maximum Gasteiger partial charge on any atom is 0.0736 e. The van der Waals surface area contributed by atoms with Crippen molar-refractivity contribution >= 4 is 138 Å². The molecule has 0 radical (unpaired) electrons. The van der Waals surface area contributed by atoms with Gasteiger partial charge in [-0.15, -0.1) is 90.7 Å². The fourth-order valence-corrected chi connectivity index (χ4v) is 34.8. The molecule has 15 aromatic rings. The largest absolute Gasteiger partial charge is 0.134 e. The SMILES string of the molecule is CCCCCCCCCCCCCCCCc1ccc(C2(c3ccc(CCCCCCCCCCCCCCCC)cc3)c3cc4c(cc3-c3sc5c(sc6cc(-c7ccccc7)sc65)c32)C(c2ccc(CCCCCCCCCCCCCCCC)cc2)(c2ccc(CCCCCCCCCCCCCCCC)cc2)c2c-4sc3c2sc2cc(-c4cc5sc(-c6ccccc6)cc5s4)sc23)cc1. The summed E-state index contributed by atoms with van der Waals surface area (Å²) >= 11 is 16.5. The van der Waals surface area contributed by atoms with Gasteiger partial charge in [0, 0.05) is 59.2 Å². The van der Waals surface area contributed by atoms with Gasteiger partial charge in [0.25, 0.3) is 0 Å². The molecule has 2 aliphatic carbocycles. The lowest BCUT2D eigenvalue weighted by atomic mass is 9.65. The van der Waals surface area contributed by atoms with Crippen LogP contribution in [0.2, 0.25) is 0 Å². The minimum absolute atomic E-state index is 0.607. The molecular weight excluding hydrogens is 1820 g/mol. The van der Waals surface area contributed by atoms with Crippen molar-refractivity contribution in [3.63, 3.8) is 0 Å². The molecule has 0 N–H and O–H groups in total. The quantitative estimate of drug-likeness (QED) is 0.0333. The Morgan fingerprint density at radius 2 is 0.406 bits per heavy atom. The summed E-state index contributed by atoms with van der Waals surface area (Å²) in [6, 6.07) is 80.0. The molecule has 0 bridgehead atoms. The summed E-state index contributed by atoms with van der Waals surface area (Å²) in [4.78, 5) is 8.46. The molecule has 0 fully saturated rings. The van der Waals surface area contributed by atoms with E-state index >= 15 is 0 Å². The lowest BCUT2D eigenvalue weighted by Gasteiger charge is -2.36. The lowest BCUT2D eigenvalue weighted by Crippen LogP contribution is -2.30. The third kappa shape index (κ3) is 25.5. The summed E-state index contributed by atoms with van der Waals surface area (Å²) in [5.41, 5.74) is 21.8. The summed E-state index contributed by atoms with van der Waals surface area (Å²) in [5, 5.41) is 0. The van der Waals surface area contributed by atoms with Crippen LogP contribution in [0.25, 0.3) is 98.5 Å². The zero-order chi connectivity index (χ0) is 94.2. The smallest absolute Gasteiger partial charge is 0.0736 e. The van der Waals surface area contributed by atoms with E-state index in [1.807, 2.05) is 34.0 Å². The van der Waals surface area contributed by atoms with E-state index in [1.165, 1.54) is 525 Å². The van der Waals surface area contributed by atoms with Gasteiger partial charge in [-0.3, -0.25) is 0 Å². The third-order valence-electron chi connectivity index (χ3n) is 31.6. The van der Waals surface area contributed by atoms with E-state index in [2.05, 4.69) is 279 Å². The molecule has 0 saturated heterocycles. The van der Waals surface area contributed by atoms with Gasteiger partial charge < -0.3 is 0 Å². The minimum Gasteiger partial charge on any atom is -0.134 e. The van der Waals surface area contributed by atoms with E-state index in [4.69, 9.17) is 0 Å². The van der Waals surface area contributed by atoms with Crippen molar-refractivity contribution in [2.45, 2.75) is 424 Å². The van der Waals surface area contributed by atoms with Gasteiger partial charge in [-0.25, -0.2) is 0 Å². The number of rotatable bonds is 67. The Kier molecular flexibility index (Phi) is 40.2. The van der Waals surface area contributed by atoms with Crippen molar-refractivity contribution < 1.29 is 0 Å².